The second-order valence-corrected chi connectivity index (χ2v) is 7.78. The molecule has 9 heteroatoms. The van der Waals surface area contributed by atoms with Gasteiger partial charge in [-0.2, -0.15) is 0 Å². The van der Waals surface area contributed by atoms with E-state index in [2.05, 4.69) is 10.0 Å². The minimum atomic E-state index is -3.66. The Kier molecular flexibility index (Phi) is 5.54. The normalized spacial score (nSPS) is 13.3. The Hall–Kier alpha value is -1.61. The fraction of sp³-hybridized carbons (Fsp3) is 0.333. The summed E-state index contributed by atoms with van der Waals surface area (Å²) >= 11 is 5.70. The molecule has 0 saturated carbocycles. The van der Waals surface area contributed by atoms with Crippen molar-refractivity contribution in [1.29, 1.82) is 0 Å². The van der Waals surface area contributed by atoms with Crippen LogP contribution in [-0.2, 0) is 17.1 Å². The number of rotatable bonds is 6. The Morgan fingerprint density at radius 1 is 1.29 bits per heavy atom. The van der Waals surface area contributed by atoms with Crippen molar-refractivity contribution in [2.75, 3.05) is 5.32 Å². The molecule has 1 atom stereocenters. The molecule has 132 valence electrons. The highest BCUT2D eigenvalue weighted by molar-refractivity contribution is 7.89. The number of aromatic nitrogens is 1. The van der Waals surface area contributed by atoms with E-state index >= 15 is 0 Å². The maximum absolute atomic E-state index is 13.2. The summed E-state index contributed by atoms with van der Waals surface area (Å²) in [5, 5.41) is 13.0. The molecule has 0 spiro atoms. The Morgan fingerprint density at radius 3 is 2.54 bits per heavy atom. The van der Waals surface area contributed by atoms with Crippen LogP contribution in [0.25, 0.3) is 0 Å². The molecule has 1 aromatic carbocycles. The Morgan fingerprint density at radius 2 is 1.96 bits per heavy atom. The van der Waals surface area contributed by atoms with Crippen molar-refractivity contribution in [3.8, 4) is 0 Å². The highest BCUT2D eigenvalue weighted by Crippen LogP contribution is 2.24. The second kappa shape index (κ2) is 7.10. The Labute approximate surface area is 145 Å². The first-order chi connectivity index (χ1) is 11.1. The summed E-state index contributed by atoms with van der Waals surface area (Å²) in [6.45, 7) is 3.44. The van der Waals surface area contributed by atoms with Crippen molar-refractivity contribution >= 4 is 27.3 Å². The Balaban J connectivity index is 2.24. The molecule has 0 bridgehead atoms. The average molecular weight is 376 g/mol. The fourth-order valence-electron chi connectivity index (χ4n) is 2.17. The molecule has 0 aliphatic rings. The first-order valence-electron chi connectivity index (χ1n) is 7.18. The van der Waals surface area contributed by atoms with Crippen molar-refractivity contribution in [1.82, 2.24) is 9.29 Å². The van der Waals surface area contributed by atoms with Crippen LogP contribution in [0.5, 0.6) is 0 Å². The number of aliphatic hydroxyl groups excluding tert-OH is 1. The summed E-state index contributed by atoms with van der Waals surface area (Å²) in [6.07, 6.45) is 0.210. The van der Waals surface area contributed by atoms with Crippen LogP contribution in [0, 0.1) is 5.82 Å². The number of aryl methyl sites for hydroxylation is 1. The number of anilines is 1. The summed E-state index contributed by atoms with van der Waals surface area (Å²) in [6, 6.07) is 5.05. The summed E-state index contributed by atoms with van der Waals surface area (Å²) < 4.78 is 41.5. The zero-order chi connectivity index (χ0) is 18.1. The first-order valence-corrected chi connectivity index (χ1v) is 9.04. The van der Waals surface area contributed by atoms with Crippen molar-refractivity contribution in [3.63, 3.8) is 0 Å². The SMILES string of the molecule is CC(C)NS(=O)(=O)c1cc(C(O)Nc2ccc(F)c(Cl)c2)n(C)c1. The molecule has 0 aliphatic heterocycles. The van der Waals surface area contributed by atoms with E-state index < -0.39 is 22.1 Å². The van der Waals surface area contributed by atoms with E-state index in [-0.39, 0.29) is 16.0 Å². The monoisotopic (exact) mass is 375 g/mol. The van der Waals surface area contributed by atoms with E-state index in [0.717, 1.165) is 0 Å². The highest BCUT2D eigenvalue weighted by atomic mass is 35.5. The van der Waals surface area contributed by atoms with Gasteiger partial charge in [0.15, 0.2) is 6.23 Å². The number of aliphatic hydroxyl groups is 1. The molecule has 0 aliphatic carbocycles. The third kappa shape index (κ3) is 4.27. The molecule has 1 heterocycles. The Bertz CT molecular complexity index is 836. The topological polar surface area (TPSA) is 83.4 Å². The van der Waals surface area contributed by atoms with Crippen LogP contribution in [-0.4, -0.2) is 24.1 Å². The van der Waals surface area contributed by atoms with Gasteiger partial charge in [0.2, 0.25) is 10.0 Å². The lowest BCUT2D eigenvalue weighted by Crippen LogP contribution is -2.29. The predicted molar refractivity (Wildman–Crippen MR) is 90.9 cm³/mol. The van der Waals surface area contributed by atoms with E-state index in [9.17, 15) is 17.9 Å². The summed E-state index contributed by atoms with van der Waals surface area (Å²) in [5.74, 6) is -0.566. The van der Waals surface area contributed by atoms with Gasteiger partial charge in [-0.25, -0.2) is 17.5 Å². The smallest absolute Gasteiger partial charge is 0.242 e. The fourth-order valence-corrected chi connectivity index (χ4v) is 3.68. The van der Waals surface area contributed by atoms with E-state index in [0.29, 0.717) is 11.4 Å². The first kappa shape index (κ1) is 18.7. The van der Waals surface area contributed by atoms with Crippen LogP contribution in [0.2, 0.25) is 5.02 Å². The second-order valence-electron chi connectivity index (χ2n) is 5.66. The standard InChI is InChI=1S/C15H19ClFN3O3S/c1-9(2)19-24(22,23)11-7-14(20(3)8-11)15(21)18-10-4-5-13(17)12(16)6-10/h4-9,15,18-19,21H,1-3H3. The van der Waals surface area contributed by atoms with Crippen LogP contribution in [0.3, 0.4) is 0 Å². The van der Waals surface area contributed by atoms with Gasteiger partial charge >= 0.3 is 0 Å². The molecule has 0 amide bonds. The summed E-state index contributed by atoms with van der Waals surface area (Å²) in [5.41, 5.74) is 0.736. The minimum absolute atomic E-state index is 0.0479. The van der Waals surface area contributed by atoms with Gasteiger partial charge < -0.3 is 15.0 Å². The number of halogens is 2. The van der Waals surface area contributed by atoms with Gasteiger partial charge in [-0.3, -0.25) is 0 Å². The van der Waals surface area contributed by atoms with Crippen molar-refractivity contribution in [2.24, 2.45) is 7.05 Å². The maximum atomic E-state index is 13.2. The van der Waals surface area contributed by atoms with Gasteiger partial charge in [0.1, 0.15) is 10.7 Å². The molecule has 3 N–H and O–H groups in total. The number of nitrogens with one attached hydrogen (secondary N) is 2. The minimum Gasteiger partial charge on any atom is -0.368 e. The molecule has 2 aromatic rings. The quantitative estimate of drug-likeness (QED) is 0.678. The van der Waals surface area contributed by atoms with Gasteiger partial charge in [0, 0.05) is 25.0 Å². The summed E-state index contributed by atoms with van der Waals surface area (Å²) in [4.78, 5) is 0.0479. The predicted octanol–water partition coefficient (Wildman–Crippen LogP) is 2.61. The molecule has 1 unspecified atom stereocenters. The van der Waals surface area contributed by atoms with Gasteiger partial charge in [-0.05, 0) is 38.1 Å². The largest absolute Gasteiger partial charge is 0.368 e. The van der Waals surface area contributed by atoms with Gasteiger partial charge in [0.05, 0.1) is 10.7 Å². The van der Waals surface area contributed by atoms with Crippen LogP contribution >= 0.6 is 11.6 Å². The van der Waals surface area contributed by atoms with Gasteiger partial charge in [0.25, 0.3) is 0 Å². The molecular formula is C15H19ClFN3O3S. The third-order valence-electron chi connectivity index (χ3n) is 3.22. The van der Waals surface area contributed by atoms with Gasteiger partial charge in [-0.1, -0.05) is 11.6 Å². The van der Waals surface area contributed by atoms with Crippen molar-refractivity contribution < 1.29 is 17.9 Å². The average Bonchev–Trinajstić information content (AvgIpc) is 2.84. The summed E-state index contributed by atoms with van der Waals surface area (Å²) in [7, 11) is -2.04. The zero-order valence-electron chi connectivity index (χ0n) is 13.4. The lowest BCUT2D eigenvalue weighted by Gasteiger charge is -2.15. The maximum Gasteiger partial charge on any atom is 0.242 e. The lowest BCUT2D eigenvalue weighted by atomic mass is 10.3. The molecular weight excluding hydrogens is 357 g/mol. The van der Waals surface area contributed by atoms with Crippen LogP contribution in [0.4, 0.5) is 10.1 Å². The number of benzene rings is 1. The van der Waals surface area contributed by atoms with Crippen molar-refractivity contribution in [3.05, 3.63) is 47.0 Å². The molecule has 0 saturated heterocycles. The highest BCUT2D eigenvalue weighted by Gasteiger charge is 2.21. The molecule has 1 aromatic heterocycles. The van der Waals surface area contributed by atoms with Crippen molar-refractivity contribution in [2.45, 2.75) is 31.0 Å². The van der Waals surface area contributed by atoms with E-state index in [4.69, 9.17) is 11.6 Å². The van der Waals surface area contributed by atoms with E-state index in [1.165, 1.54) is 35.0 Å². The molecule has 0 fully saturated rings. The van der Waals surface area contributed by atoms with Crippen LogP contribution in [0.1, 0.15) is 25.8 Å². The van der Waals surface area contributed by atoms with Crippen LogP contribution in [0.15, 0.2) is 35.4 Å². The number of hydrogen-bond acceptors (Lipinski definition) is 4. The molecule has 24 heavy (non-hydrogen) atoms. The van der Waals surface area contributed by atoms with Crippen LogP contribution < -0.4 is 10.0 Å². The number of sulfonamides is 1. The lowest BCUT2D eigenvalue weighted by molar-refractivity contribution is 0.199. The van der Waals surface area contributed by atoms with E-state index in [1.807, 2.05) is 0 Å². The zero-order valence-corrected chi connectivity index (χ0v) is 15.0. The molecule has 6 nitrogen and oxygen atoms in total. The van der Waals surface area contributed by atoms with E-state index in [1.54, 1.807) is 20.9 Å². The van der Waals surface area contributed by atoms with Gasteiger partial charge in [-0.15, -0.1) is 0 Å². The number of nitrogens with zero attached hydrogens (tertiary/aromatic N) is 1. The number of hydrogen-bond donors (Lipinski definition) is 3. The third-order valence-corrected chi connectivity index (χ3v) is 5.14. The molecule has 2 rings (SSSR count). The molecule has 0 radical (unpaired) electrons.